The van der Waals surface area contributed by atoms with Gasteiger partial charge >= 0.3 is 0 Å². The molecule has 1 aromatic rings. The Hall–Kier alpha value is -1.36. The highest BCUT2D eigenvalue weighted by Gasteiger charge is 2.20. The van der Waals surface area contributed by atoms with E-state index in [1.807, 2.05) is 6.07 Å². The highest BCUT2D eigenvalue weighted by molar-refractivity contribution is 14.0. The second-order valence-electron chi connectivity index (χ2n) is 6.46. The van der Waals surface area contributed by atoms with Crippen molar-refractivity contribution >= 4 is 35.8 Å². The van der Waals surface area contributed by atoms with Gasteiger partial charge in [-0.15, -0.1) is 24.0 Å². The minimum Gasteiger partial charge on any atom is -0.364 e. The van der Waals surface area contributed by atoms with Gasteiger partial charge < -0.3 is 19.6 Å². The average Bonchev–Trinajstić information content (AvgIpc) is 3.11. The lowest BCUT2D eigenvalue weighted by Crippen LogP contribution is -2.52. The molecule has 0 radical (unpaired) electrons. The predicted molar refractivity (Wildman–Crippen MR) is 113 cm³/mol. The SMILES string of the molecule is CCCCNC(=NCC(=O)N(C)C)N1CCN(Cc2ccon2)CC1.I. The van der Waals surface area contributed by atoms with E-state index < -0.39 is 0 Å². The van der Waals surface area contributed by atoms with Crippen molar-refractivity contribution in [2.75, 3.05) is 53.4 Å². The summed E-state index contributed by atoms with van der Waals surface area (Å²) >= 11 is 0. The summed E-state index contributed by atoms with van der Waals surface area (Å²) in [5.41, 5.74) is 0.958. The number of hydrogen-bond donors (Lipinski definition) is 1. The highest BCUT2D eigenvalue weighted by atomic mass is 127. The summed E-state index contributed by atoms with van der Waals surface area (Å²) in [6.07, 6.45) is 3.82. The Bertz CT molecular complexity index is 541. The third-order valence-corrected chi connectivity index (χ3v) is 4.23. The van der Waals surface area contributed by atoms with Crippen LogP contribution >= 0.6 is 24.0 Å². The van der Waals surface area contributed by atoms with Crippen molar-refractivity contribution in [3.05, 3.63) is 18.0 Å². The van der Waals surface area contributed by atoms with Crippen molar-refractivity contribution in [2.45, 2.75) is 26.3 Å². The molecule has 1 N–H and O–H groups in total. The molecule has 26 heavy (non-hydrogen) atoms. The summed E-state index contributed by atoms with van der Waals surface area (Å²) in [7, 11) is 3.51. The van der Waals surface area contributed by atoms with Gasteiger partial charge in [0, 0.05) is 59.4 Å². The van der Waals surface area contributed by atoms with Crippen LogP contribution in [0.25, 0.3) is 0 Å². The smallest absolute Gasteiger partial charge is 0.243 e. The van der Waals surface area contributed by atoms with Crippen LogP contribution in [0, 0.1) is 0 Å². The summed E-state index contributed by atoms with van der Waals surface area (Å²) in [4.78, 5) is 22.5. The van der Waals surface area contributed by atoms with Gasteiger partial charge in [-0.05, 0) is 6.42 Å². The lowest BCUT2D eigenvalue weighted by Gasteiger charge is -2.36. The molecule has 0 spiro atoms. The number of rotatable bonds is 7. The van der Waals surface area contributed by atoms with Gasteiger partial charge in [0.05, 0.1) is 5.69 Å². The van der Waals surface area contributed by atoms with Crippen molar-refractivity contribution in [1.82, 2.24) is 25.2 Å². The second kappa shape index (κ2) is 12.1. The lowest BCUT2D eigenvalue weighted by molar-refractivity contribution is -0.127. The monoisotopic (exact) mass is 478 g/mol. The number of amides is 1. The minimum absolute atomic E-state index is 0. The molecule has 0 aromatic carbocycles. The number of likely N-dealkylation sites (N-methyl/N-ethyl adjacent to an activating group) is 1. The number of carbonyl (C=O) groups excluding carboxylic acids is 1. The predicted octanol–water partition coefficient (Wildman–Crippen LogP) is 1.24. The van der Waals surface area contributed by atoms with Gasteiger partial charge in [0.25, 0.3) is 0 Å². The molecule has 2 heterocycles. The molecule has 2 rings (SSSR count). The van der Waals surface area contributed by atoms with E-state index in [-0.39, 0.29) is 36.4 Å². The molecule has 1 fully saturated rings. The van der Waals surface area contributed by atoms with Gasteiger partial charge in [-0.3, -0.25) is 9.69 Å². The fourth-order valence-corrected chi connectivity index (χ4v) is 2.59. The van der Waals surface area contributed by atoms with Crippen LogP contribution in [-0.4, -0.2) is 85.1 Å². The molecule has 0 aliphatic carbocycles. The van der Waals surface area contributed by atoms with Crippen molar-refractivity contribution < 1.29 is 9.32 Å². The number of unbranched alkanes of at least 4 members (excludes halogenated alkanes) is 1. The third kappa shape index (κ3) is 7.48. The van der Waals surface area contributed by atoms with E-state index in [4.69, 9.17) is 4.52 Å². The average molecular weight is 478 g/mol. The molecular formula is C17H31IN6O2. The standard InChI is InChI=1S/C17H30N6O2.HI/c1-4-5-7-18-17(19-13-16(24)21(2)3)23-10-8-22(9-11-23)14-15-6-12-25-20-15;/h6,12H,4-5,7-11,13-14H2,1-3H3,(H,18,19);1H. The van der Waals surface area contributed by atoms with Crippen LogP contribution < -0.4 is 5.32 Å². The molecular weight excluding hydrogens is 447 g/mol. The first-order chi connectivity index (χ1) is 12.1. The van der Waals surface area contributed by atoms with E-state index in [1.165, 1.54) is 0 Å². The number of carbonyl (C=O) groups is 1. The zero-order chi connectivity index (χ0) is 18.1. The summed E-state index contributed by atoms with van der Waals surface area (Å²) in [5.74, 6) is 0.851. The lowest BCUT2D eigenvalue weighted by atomic mass is 10.3. The first-order valence-electron chi connectivity index (χ1n) is 8.95. The van der Waals surface area contributed by atoms with E-state index in [9.17, 15) is 4.79 Å². The van der Waals surface area contributed by atoms with E-state index >= 15 is 0 Å². The molecule has 1 aromatic heterocycles. The number of aliphatic imine (C=N–C) groups is 1. The Morgan fingerprint density at radius 2 is 2.08 bits per heavy atom. The first kappa shape index (κ1) is 22.7. The molecule has 8 nitrogen and oxygen atoms in total. The number of aromatic nitrogens is 1. The summed E-state index contributed by atoms with van der Waals surface area (Å²) in [5, 5.41) is 7.38. The number of nitrogens with zero attached hydrogens (tertiary/aromatic N) is 5. The zero-order valence-corrected chi connectivity index (χ0v) is 18.3. The van der Waals surface area contributed by atoms with E-state index in [0.717, 1.165) is 63.8 Å². The van der Waals surface area contributed by atoms with E-state index in [0.29, 0.717) is 0 Å². The Balaban J connectivity index is 0.00000338. The number of nitrogens with one attached hydrogen (secondary N) is 1. The van der Waals surface area contributed by atoms with E-state index in [1.54, 1.807) is 25.3 Å². The van der Waals surface area contributed by atoms with Crippen LogP contribution in [0.4, 0.5) is 0 Å². The van der Waals surface area contributed by atoms with Gasteiger partial charge in [0.2, 0.25) is 5.91 Å². The maximum atomic E-state index is 11.8. The van der Waals surface area contributed by atoms with Crippen molar-refractivity contribution in [1.29, 1.82) is 0 Å². The summed E-state index contributed by atoms with van der Waals surface area (Å²) in [6, 6.07) is 1.90. The molecule has 0 unspecified atom stereocenters. The van der Waals surface area contributed by atoms with Gasteiger partial charge in [-0.2, -0.15) is 0 Å². The molecule has 148 valence electrons. The van der Waals surface area contributed by atoms with Crippen LogP contribution in [0.3, 0.4) is 0 Å². The normalized spacial score (nSPS) is 15.5. The largest absolute Gasteiger partial charge is 0.364 e. The number of halogens is 1. The van der Waals surface area contributed by atoms with Crippen molar-refractivity contribution in [2.24, 2.45) is 4.99 Å². The fourth-order valence-electron chi connectivity index (χ4n) is 2.59. The van der Waals surface area contributed by atoms with E-state index in [2.05, 4.69) is 32.2 Å². The maximum Gasteiger partial charge on any atom is 0.243 e. The zero-order valence-electron chi connectivity index (χ0n) is 16.0. The highest BCUT2D eigenvalue weighted by Crippen LogP contribution is 2.07. The Morgan fingerprint density at radius 3 is 2.65 bits per heavy atom. The molecule has 1 aliphatic rings. The molecule has 1 aliphatic heterocycles. The molecule has 1 amide bonds. The van der Waals surface area contributed by atoms with Gasteiger partial charge in [0.15, 0.2) is 5.96 Å². The van der Waals surface area contributed by atoms with Crippen molar-refractivity contribution in [3.8, 4) is 0 Å². The van der Waals surface area contributed by atoms with Crippen LogP contribution in [0.2, 0.25) is 0 Å². The molecule has 0 bridgehead atoms. The topological polar surface area (TPSA) is 77.2 Å². The first-order valence-corrected chi connectivity index (χ1v) is 8.95. The molecule has 1 saturated heterocycles. The minimum atomic E-state index is 0. The third-order valence-electron chi connectivity index (χ3n) is 4.23. The summed E-state index contributed by atoms with van der Waals surface area (Å²) in [6.45, 7) is 7.66. The van der Waals surface area contributed by atoms with Gasteiger partial charge in [-0.25, -0.2) is 4.99 Å². The summed E-state index contributed by atoms with van der Waals surface area (Å²) < 4.78 is 4.89. The molecule has 0 saturated carbocycles. The van der Waals surface area contributed by atoms with Crippen molar-refractivity contribution in [3.63, 3.8) is 0 Å². The van der Waals surface area contributed by atoms with Crippen LogP contribution in [0.1, 0.15) is 25.5 Å². The maximum absolute atomic E-state index is 11.8. The number of hydrogen-bond acceptors (Lipinski definition) is 5. The van der Waals surface area contributed by atoms with Crippen LogP contribution in [0.5, 0.6) is 0 Å². The number of guanidine groups is 1. The van der Waals surface area contributed by atoms with Gasteiger partial charge in [-0.1, -0.05) is 18.5 Å². The Morgan fingerprint density at radius 1 is 1.35 bits per heavy atom. The fraction of sp³-hybridized carbons (Fsp3) is 0.706. The molecule has 9 heteroatoms. The van der Waals surface area contributed by atoms with Crippen LogP contribution in [0.15, 0.2) is 21.8 Å². The Labute approximate surface area is 173 Å². The Kier molecular flexibility index (Phi) is 10.6. The second-order valence-corrected chi connectivity index (χ2v) is 6.46. The van der Waals surface area contributed by atoms with Crippen LogP contribution in [-0.2, 0) is 11.3 Å². The quantitative estimate of drug-likeness (QED) is 0.275. The van der Waals surface area contributed by atoms with Gasteiger partial charge in [0.1, 0.15) is 12.8 Å². The number of piperazine rings is 1. The molecule has 0 atom stereocenters.